The van der Waals surface area contributed by atoms with E-state index in [1.54, 1.807) is 6.07 Å². The Bertz CT molecular complexity index is 991. The second-order valence-corrected chi connectivity index (χ2v) is 12.8. The molecule has 5 nitrogen and oxygen atoms in total. The molecule has 4 fully saturated rings. The van der Waals surface area contributed by atoms with Crippen LogP contribution >= 0.6 is 23.2 Å². The summed E-state index contributed by atoms with van der Waals surface area (Å²) in [7, 11) is -3.76. The van der Waals surface area contributed by atoms with Gasteiger partial charge in [0.2, 0.25) is 15.9 Å². The van der Waals surface area contributed by atoms with Gasteiger partial charge in [0.05, 0.1) is 5.02 Å². The van der Waals surface area contributed by atoms with Gasteiger partial charge in [0.1, 0.15) is 4.90 Å². The highest BCUT2D eigenvalue weighted by Crippen LogP contribution is 2.72. The van der Waals surface area contributed by atoms with Crippen LogP contribution < -0.4 is 5.32 Å². The van der Waals surface area contributed by atoms with Crippen molar-refractivity contribution in [2.75, 3.05) is 13.1 Å². The highest BCUT2D eigenvalue weighted by Gasteiger charge is 2.67. The van der Waals surface area contributed by atoms with Crippen LogP contribution in [0, 0.1) is 29.1 Å². The van der Waals surface area contributed by atoms with Gasteiger partial charge in [0.15, 0.2) is 0 Å². The summed E-state index contributed by atoms with van der Waals surface area (Å²) < 4.78 is 28.2. The molecule has 2 bridgehead atoms. The third-order valence-corrected chi connectivity index (χ3v) is 11.3. The van der Waals surface area contributed by atoms with Crippen molar-refractivity contribution in [3.8, 4) is 0 Å². The van der Waals surface area contributed by atoms with Crippen molar-refractivity contribution >= 4 is 39.1 Å². The number of amides is 1. The molecule has 1 spiro atoms. The van der Waals surface area contributed by atoms with Crippen molar-refractivity contribution in [2.24, 2.45) is 29.1 Å². The van der Waals surface area contributed by atoms with Crippen LogP contribution in [0.15, 0.2) is 23.1 Å². The van der Waals surface area contributed by atoms with Crippen LogP contribution in [0.25, 0.3) is 0 Å². The summed E-state index contributed by atoms with van der Waals surface area (Å²) in [5, 5.41) is 3.68. The number of hydrogen-bond donors (Lipinski definition) is 1. The number of carbonyl (C=O) groups is 1. The second-order valence-electron chi connectivity index (χ2n) is 10.1. The number of fused-ring (bicyclic) bond motifs is 1. The zero-order chi connectivity index (χ0) is 22.0. The minimum absolute atomic E-state index is 0.0781. The van der Waals surface area contributed by atoms with Gasteiger partial charge in [0.25, 0.3) is 0 Å². The molecule has 8 heteroatoms. The lowest BCUT2D eigenvalue weighted by atomic mass is 9.49. The Morgan fingerprint density at radius 3 is 2.74 bits per heavy atom. The third kappa shape index (κ3) is 3.44. The number of nitrogens with one attached hydrogen (secondary N) is 1. The van der Waals surface area contributed by atoms with E-state index in [9.17, 15) is 13.2 Å². The predicted octanol–water partition coefficient (Wildman–Crippen LogP) is 4.73. The van der Waals surface area contributed by atoms with Crippen molar-refractivity contribution < 1.29 is 13.2 Å². The Balaban J connectivity index is 1.29. The molecule has 31 heavy (non-hydrogen) atoms. The zero-order valence-electron chi connectivity index (χ0n) is 17.8. The van der Waals surface area contributed by atoms with Crippen molar-refractivity contribution in [1.29, 1.82) is 0 Å². The molecule has 3 aliphatic carbocycles. The molecule has 170 valence electrons. The fourth-order valence-corrected chi connectivity index (χ4v) is 9.74. The number of nitrogens with zero attached hydrogens (tertiary/aromatic N) is 1. The summed E-state index contributed by atoms with van der Waals surface area (Å²) in [5.74, 6) is 2.37. The van der Waals surface area contributed by atoms with Crippen LogP contribution in [-0.2, 0) is 14.8 Å². The molecule has 1 N–H and O–H groups in total. The Labute approximate surface area is 194 Å². The molecule has 0 radical (unpaired) electrons. The summed E-state index contributed by atoms with van der Waals surface area (Å²) in [6, 6.07) is 4.22. The molecule has 3 saturated carbocycles. The molecule has 1 saturated heterocycles. The number of hydrogen-bond acceptors (Lipinski definition) is 3. The molecule has 1 amide bonds. The number of halogens is 2. The smallest absolute Gasteiger partial charge is 0.244 e. The Morgan fingerprint density at radius 2 is 2.03 bits per heavy atom. The maximum absolute atomic E-state index is 13.4. The van der Waals surface area contributed by atoms with Crippen LogP contribution in [0.4, 0.5) is 0 Å². The van der Waals surface area contributed by atoms with Gasteiger partial charge < -0.3 is 5.32 Å². The van der Waals surface area contributed by atoms with E-state index >= 15 is 0 Å². The van der Waals surface area contributed by atoms with E-state index < -0.39 is 10.0 Å². The normalized spacial score (nSPS) is 37.3. The number of carbonyl (C=O) groups excluding carboxylic acids is 1. The number of sulfonamides is 1. The standard InChI is InChI=1S/C23H30Cl2N2O3S/c1-14-8-15-9-16-10-19(23(14,16)12-15)22(28)26-13-18-4-2-3-7-27(18)31(29,30)21-6-5-17(24)11-20(21)25/h5-6,11,14-16,18-19H,2-4,7-10,12-13H2,1H3,(H,26,28)/t14-,15+,16-,18?,19?,23?/m1/s1. The van der Waals surface area contributed by atoms with Crippen molar-refractivity contribution in [1.82, 2.24) is 9.62 Å². The molecule has 1 aromatic carbocycles. The highest BCUT2D eigenvalue weighted by atomic mass is 35.5. The first-order valence-electron chi connectivity index (χ1n) is 11.5. The molecule has 1 aliphatic heterocycles. The minimum Gasteiger partial charge on any atom is -0.354 e. The average molecular weight is 485 g/mol. The van der Waals surface area contributed by atoms with Crippen LogP contribution in [0.5, 0.6) is 0 Å². The first-order chi connectivity index (χ1) is 14.7. The second kappa shape index (κ2) is 7.89. The van der Waals surface area contributed by atoms with Crippen LogP contribution in [0.3, 0.4) is 0 Å². The van der Waals surface area contributed by atoms with E-state index in [0.29, 0.717) is 24.0 Å². The lowest BCUT2D eigenvalue weighted by molar-refractivity contribution is -0.147. The maximum Gasteiger partial charge on any atom is 0.244 e. The van der Waals surface area contributed by atoms with Gasteiger partial charge in [-0.25, -0.2) is 8.42 Å². The van der Waals surface area contributed by atoms with E-state index in [1.807, 2.05) is 0 Å². The summed E-state index contributed by atoms with van der Waals surface area (Å²) >= 11 is 12.2. The van der Waals surface area contributed by atoms with Gasteiger partial charge in [-0.2, -0.15) is 4.31 Å². The molecule has 0 aromatic heterocycles. The summed E-state index contributed by atoms with van der Waals surface area (Å²) in [6.45, 7) is 3.12. The Morgan fingerprint density at radius 1 is 1.23 bits per heavy atom. The van der Waals surface area contributed by atoms with E-state index in [0.717, 1.165) is 37.5 Å². The van der Waals surface area contributed by atoms with Gasteiger partial charge in [0, 0.05) is 30.1 Å². The highest BCUT2D eigenvalue weighted by molar-refractivity contribution is 7.89. The summed E-state index contributed by atoms with van der Waals surface area (Å²) in [4.78, 5) is 13.2. The van der Waals surface area contributed by atoms with Gasteiger partial charge >= 0.3 is 0 Å². The Kier molecular flexibility index (Phi) is 5.60. The largest absolute Gasteiger partial charge is 0.354 e. The number of benzene rings is 1. The minimum atomic E-state index is -3.76. The zero-order valence-corrected chi connectivity index (χ0v) is 20.1. The number of piperidine rings is 1. The predicted molar refractivity (Wildman–Crippen MR) is 122 cm³/mol. The van der Waals surface area contributed by atoms with Gasteiger partial charge in [-0.1, -0.05) is 36.5 Å². The van der Waals surface area contributed by atoms with Gasteiger partial charge in [-0.3, -0.25) is 4.79 Å². The molecule has 6 atom stereocenters. The summed E-state index contributed by atoms with van der Waals surface area (Å²) in [5.41, 5.74) is 0.212. The van der Waals surface area contributed by atoms with Crippen LogP contribution in [0.2, 0.25) is 10.0 Å². The fraction of sp³-hybridized carbons (Fsp3) is 0.696. The SMILES string of the molecule is C[C@@H]1C[C@H]2C[C@@H]3CC(C(=O)NCC4CCCCN4S(=O)(=O)c4ccc(Cl)cc4Cl)C31C2. The average Bonchev–Trinajstić information content (AvgIpc) is 3.20. The molecule has 1 aromatic rings. The molecular weight excluding hydrogens is 455 g/mol. The monoisotopic (exact) mass is 484 g/mol. The first-order valence-corrected chi connectivity index (χ1v) is 13.7. The van der Waals surface area contributed by atoms with Gasteiger partial charge in [-0.15, -0.1) is 0 Å². The van der Waals surface area contributed by atoms with Crippen LogP contribution in [0.1, 0.15) is 51.9 Å². The third-order valence-electron chi connectivity index (χ3n) is 8.68. The molecule has 5 rings (SSSR count). The van der Waals surface area contributed by atoms with E-state index in [4.69, 9.17) is 23.2 Å². The maximum atomic E-state index is 13.4. The van der Waals surface area contributed by atoms with Crippen molar-refractivity contribution in [2.45, 2.75) is 62.8 Å². The van der Waals surface area contributed by atoms with Gasteiger partial charge in [-0.05, 0) is 79.9 Å². The lowest BCUT2D eigenvalue weighted by Crippen LogP contribution is -2.57. The number of rotatable bonds is 5. The quantitative estimate of drug-likeness (QED) is 0.656. The topological polar surface area (TPSA) is 66.5 Å². The first kappa shape index (κ1) is 22.0. The molecule has 4 aliphatic rings. The van der Waals surface area contributed by atoms with E-state index in [1.165, 1.54) is 35.7 Å². The van der Waals surface area contributed by atoms with Crippen LogP contribution in [-0.4, -0.2) is 37.8 Å². The van der Waals surface area contributed by atoms with E-state index in [2.05, 4.69) is 12.2 Å². The fourth-order valence-electron chi connectivity index (χ4n) is 7.30. The Hall–Kier alpha value is -0.820. The lowest BCUT2D eigenvalue weighted by Gasteiger charge is -2.55. The summed E-state index contributed by atoms with van der Waals surface area (Å²) in [6.07, 6.45) is 7.26. The molecular formula is C23H30Cl2N2O3S. The van der Waals surface area contributed by atoms with Crippen molar-refractivity contribution in [3.63, 3.8) is 0 Å². The van der Waals surface area contributed by atoms with Crippen molar-refractivity contribution in [3.05, 3.63) is 28.2 Å². The molecule has 3 unspecified atom stereocenters. The molecule has 1 heterocycles. The van der Waals surface area contributed by atoms with E-state index in [-0.39, 0.29) is 33.2 Å².